The van der Waals surface area contributed by atoms with E-state index in [1.165, 1.54) is 25.7 Å². The monoisotopic (exact) mass is 520 g/mol. The van der Waals surface area contributed by atoms with Gasteiger partial charge in [0.2, 0.25) is 5.91 Å². The van der Waals surface area contributed by atoms with Gasteiger partial charge in [0.1, 0.15) is 5.60 Å². The molecule has 212 valence electrons. The van der Waals surface area contributed by atoms with Crippen LogP contribution in [-0.2, 0) is 9.53 Å². The Labute approximate surface area is 223 Å². The van der Waals surface area contributed by atoms with E-state index in [2.05, 4.69) is 24.5 Å². The van der Waals surface area contributed by atoms with Gasteiger partial charge in [-0.15, -0.1) is 0 Å². The maximum Gasteiger partial charge on any atom is 0.407 e. The van der Waals surface area contributed by atoms with Gasteiger partial charge in [-0.05, 0) is 125 Å². The Bertz CT molecular complexity index is 812. The van der Waals surface area contributed by atoms with E-state index in [-0.39, 0.29) is 36.2 Å². The largest absolute Gasteiger partial charge is 0.444 e. The molecule has 4 aliphatic carbocycles. The first-order valence-electron chi connectivity index (χ1n) is 15.0. The first-order valence-corrected chi connectivity index (χ1v) is 15.0. The van der Waals surface area contributed by atoms with Crippen LogP contribution in [-0.4, -0.2) is 53.1 Å². The van der Waals surface area contributed by atoms with Crippen molar-refractivity contribution in [1.82, 2.24) is 10.6 Å². The lowest BCUT2D eigenvalue weighted by Gasteiger charge is -2.60. The Morgan fingerprint density at radius 2 is 1.81 bits per heavy atom. The summed E-state index contributed by atoms with van der Waals surface area (Å²) in [6, 6.07) is 0.124. The fraction of sp³-hybridized carbons (Fsp3) is 0.933. The van der Waals surface area contributed by atoms with Crippen molar-refractivity contribution in [2.75, 3.05) is 13.2 Å². The fourth-order valence-electron chi connectivity index (χ4n) is 9.11. The van der Waals surface area contributed by atoms with Crippen molar-refractivity contribution < 1.29 is 24.5 Å². The Kier molecular flexibility index (Phi) is 8.84. The summed E-state index contributed by atoms with van der Waals surface area (Å²) in [4.78, 5) is 24.4. The standard InChI is InChI=1S/C30H52N2O5/c1-18(6-11-26(35)31-14-15-33)21-7-8-23-22(21)9-10-24-27(23)25(34)17-19-16-20(12-13-30(19,24)5)32-28(36)37-29(2,3)4/h18-25,27,33-34H,6-17H2,1-5H3,(H,31,35)(H,32,36)/t18-,19?,20-,21?,22?,23-,24+,25?,27?,30?/m1/s1. The number of carbonyl (C=O) groups excluding carboxylic acids is 2. The molecule has 37 heavy (non-hydrogen) atoms. The quantitative estimate of drug-likeness (QED) is 0.391. The van der Waals surface area contributed by atoms with Gasteiger partial charge >= 0.3 is 6.09 Å². The zero-order valence-corrected chi connectivity index (χ0v) is 23.8. The highest BCUT2D eigenvalue weighted by molar-refractivity contribution is 5.75. The van der Waals surface area contributed by atoms with Crippen molar-refractivity contribution >= 4 is 12.0 Å². The van der Waals surface area contributed by atoms with Crippen molar-refractivity contribution in [2.24, 2.45) is 46.8 Å². The molecule has 4 rings (SSSR count). The Balaban J connectivity index is 1.36. The smallest absolute Gasteiger partial charge is 0.407 e. The Hall–Kier alpha value is -1.34. The van der Waals surface area contributed by atoms with Crippen LogP contribution in [0.2, 0.25) is 0 Å². The van der Waals surface area contributed by atoms with Crippen LogP contribution in [0, 0.1) is 46.8 Å². The van der Waals surface area contributed by atoms with Gasteiger partial charge in [-0.2, -0.15) is 0 Å². The van der Waals surface area contributed by atoms with E-state index in [0.29, 0.717) is 54.4 Å². The molecule has 4 fully saturated rings. The van der Waals surface area contributed by atoms with E-state index in [4.69, 9.17) is 9.84 Å². The van der Waals surface area contributed by atoms with Gasteiger partial charge in [0.25, 0.3) is 0 Å². The number of aliphatic hydroxyl groups is 2. The fourth-order valence-corrected chi connectivity index (χ4v) is 9.11. The summed E-state index contributed by atoms with van der Waals surface area (Å²) in [7, 11) is 0. The number of aliphatic hydroxyl groups excluding tert-OH is 2. The molecule has 4 aliphatic rings. The van der Waals surface area contributed by atoms with Crippen molar-refractivity contribution in [2.45, 2.75) is 117 Å². The molecule has 0 saturated heterocycles. The molecule has 4 saturated carbocycles. The molecule has 0 aliphatic heterocycles. The topological polar surface area (TPSA) is 108 Å². The maximum absolute atomic E-state index is 12.4. The third-order valence-corrected chi connectivity index (χ3v) is 10.8. The minimum atomic E-state index is -0.497. The van der Waals surface area contributed by atoms with Crippen LogP contribution < -0.4 is 10.6 Å². The summed E-state index contributed by atoms with van der Waals surface area (Å²) < 4.78 is 5.50. The first-order chi connectivity index (χ1) is 17.4. The Morgan fingerprint density at radius 3 is 2.51 bits per heavy atom. The van der Waals surface area contributed by atoms with Crippen molar-refractivity contribution in [3.63, 3.8) is 0 Å². The molecule has 0 aromatic carbocycles. The number of amides is 2. The predicted octanol–water partition coefficient (Wildman–Crippen LogP) is 4.64. The second-order valence-corrected chi connectivity index (χ2v) is 14.0. The molecule has 7 heteroatoms. The summed E-state index contributed by atoms with van der Waals surface area (Å²) in [5.41, 5.74) is -0.265. The summed E-state index contributed by atoms with van der Waals surface area (Å²) in [5.74, 6) is 3.83. The van der Waals surface area contributed by atoms with E-state index in [1.807, 2.05) is 20.8 Å². The summed E-state index contributed by atoms with van der Waals surface area (Å²) in [6.07, 6.45) is 9.57. The summed E-state index contributed by atoms with van der Waals surface area (Å²) >= 11 is 0. The van der Waals surface area contributed by atoms with Gasteiger partial charge in [0.15, 0.2) is 0 Å². The molecular formula is C30H52N2O5. The van der Waals surface area contributed by atoms with Crippen LogP contribution in [0.4, 0.5) is 4.79 Å². The van der Waals surface area contributed by atoms with E-state index < -0.39 is 5.60 Å². The third-order valence-electron chi connectivity index (χ3n) is 10.8. The number of nitrogens with one attached hydrogen (secondary N) is 2. The molecule has 0 spiro atoms. The number of alkyl carbamates (subject to hydrolysis) is 1. The van der Waals surface area contributed by atoms with Crippen LogP contribution >= 0.6 is 0 Å². The lowest BCUT2D eigenvalue weighted by molar-refractivity contribution is -0.149. The number of carbonyl (C=O) groups is 2. The van der Waals surface area contributed by atoms with Gasteiger partial charge in [-0.1, -0.05) is 13.8 Å². The highest BCUT2D eigenvalue weighted by Crippen LogP contribution is 2.64. The van der Waals surface area contributed by atoms with E-state index in [1.54, 1.807) is 0 Å². The summed E-state index contributed by atoms with van der Waals surface area (Å²) in [6.45, 7) is 10.8. The van der Waals surface area contributed by atoms with Gasteiger partial charge in [0, 0.05) is 19.0 Å². The lowest BCUT2D eigenvalue weighted by atomic mass is 9.46. The number of fused-ring (bicyclic) bond motifs is 5. The average molecular weight is 521 g/mol. The lowest BCUT2D eigenvalue weighted by Crippen LogP contribution is -2.58. The van der Waals surface area contributed by atoms with Gasteiger partial charge in [0.05, 0.1) is 12.7 Å². The molecule has 0 bridgehead atoms. The molecule has 0 heterocycles. The molecule has 0 aromatic heterocycles. The van der Waals surface area contributed by atoms with Gasteiger partial charge < -0.3 is 25.6 Å². The van der Waals surface area contributed by atoms with Crippen LogP contribution in [0.3, 0.4) is 0 Å². The normalized spacial score (nSPS) is 40.1. The predicted molar refractivity (Wildman–Crippen MR) is 144 cm³/mol. The number of rotatable bonds is 7. The van der Waals surface area contributed by atoms with E-state index >= 15 is 0 Å². The number of hydrogen-bond acceptors (Lipinski definition) is 5. The van der Waals surface area contributed by atoms with E-state index in [0.717, 1.165) is 32.1 Å². The van der Waals surface area contributed by atoms with E-state index in [9.17, 15) is 14.7 Å². The minimum absolute atomic E-state index is 0.0146. The van der Waals surface area contributed by atoms with Crippen LogP contribution in [0.25, 0.3) is 0 Å². The SMILES string of the molecule is C[C@H](CCC(=O)NCCO)C1CC[C@@H]2C1CC[C@H]1C2C(O)CC2C[C@H](NC(=O)OC(C)(C)C)CCC21C. The molecule has 4 N–H and O–H groups in total. The zero-order chi connectivity index (χ0) is 27.0. The Morgan fingerprint density at radius 1 is 1.08 bits per heavy atom. The van der Waals surface area contributed by atoms with Crippen molar-refractivity contribution in [3.8, 4) is 0 Å². The number of ether oxygens (including phenoxy) is 1. The van der Waals surface area contributed by atoms with Crippen molar-refractivity contribution in [3.05, 3.63) is 0 Å². The third kappa shape index (κ3) is 6.29. The zero-order valence-electron chi connectivity index (χ0n) is 23.8. The van der Waals surface area contributed by atoms with Gasteiger partial charge in [-0.25, -0.2) is 4.79 Å². The minimum Gasteiger partial charge on any atom is -0.444 e. The molecule has 7 nitrogen and oxygen atoms in total. The van der Waals surface area contributed by atoms with Crippen LogP contribution in [0.1, 0.15) is 98.8 Å². The van der Waals surface area contributed by atoms with Crippen LogP contribution in [0.5, 0.6) is 0 Å². The molecular weight excluding hydrogens is 468 g/mol. The molecule has 6 unspecified atom stereocenters. The van der Waals surface area contributed by atoms with Crippen molar-refractivity contribution in [1.29, 1.82) is 0 Å². The molecule has 10 atom stereocenters. The van der Waals surface area contributed by atoms with Gasteiger partial charge in [-0.3, -0.25) is 4.79 Å². The number of hydrogen-bond donors (Lipinski definition) is 4. The average Bonchev–Trinajstić information content (AvgIpc) is 3.25. The maximum atomic E-state index is 12.4. The molecule has 0 aromatic rings. The van der Waals surface area contributed by atoms with Crippen LogP contribution in [0.15, 0.2) is 0 Å². The first kappa shape index (κ1) is 28.7. The second-order valence-electron chi connectivity index (χ2n) is 14.0. The summed E-state index contributed by atoms with van der Waals surface area (Å²) in [5, 5.41) is 26.3. The highest BCUT2D eigenvalue weighted by atomic mass is 16.6. The second kappa shape index (κ2) is 11.4. The molecule has 0 radical (unpaired) electrons. The highest BCUT2D eigenvalue weighted by Gasteiger charge is 2.59. The molecule has 2 amide bonds.